The first-order valence-corrected chi connectivity index (χ1v) is 8.37. The average molecular weight is 317 g/mol. The number of nitrogens with zero attached hydrogens (tertiary/aromatic N) is 3. The van der Waals surface area contributed by atoms with Gasteiger partial charge in [-0.2, -0.15) is 0 Å². The summed E-state index contributed by atoms with van der Waals surface area (Å²) in [5.41, 5.74) is 1.83. The van der Waals surface area contributed by atoms with E-state index in [1.807, 2.05) is 31.3 Å². The van der Waals surface area contributed by atoms with Gasteiger partial charge in [-0.1, -0.05) is 32.9 Å². The van der Waals surface area contributed by atoms with Crippen molar-refractivity contribution in [2.24, 2.45) is 5.92 Å². The number of carbonyl (C=O) groups excluding carboxylic acids is 1. The molecule has 1 aromatic heterocycles. The number of benzene rings is 1. The number of aryl methyl sites for hydroxylation is 2. The van der Waals surface area contributed by atoms with Crippen LogP contribution in [0.25, 0.3) is 11.0 Å². The quantitative estimate of drug-likeness (QED) is 0.788. The van der Waals surface area contributed by atoms with Crippen LogP contribution in [0.3, 0.4) is 0 Å². The molecule has 0 radical (unpaired) electrons. The molecule has 0 saturated heterocycles. The molecule has 1 amide bonds. The van der Waals surface area contributed by atoms with Crippen LogP contribution in [0.4, 0.5) is 0 Å². The molecule has 0 spiro atoms. The highest BCUT2D eigenvalue weighted by atomic mass is 16.2. The van der Waals surface area contributed by atoms with Crippen molar-refractivity contribution in [2.75, 3.05) is 13.6 Å². The van der Waals surface area contributed by atoms with Crippen LogP contribution in [0.5, 0.6) is 0 Å². The second-order valence-corrected chi connectivity index (χ2v) is 6.49. The van der Waals surface area contributed by atoms with E-state index in [9.17, 15) is 9.59 Å². The Labute approximate surface area is 137 Å². The van der Waals surface area contributed by atoms with Crippen molar-refractivity contribution in [2.45, 2.75) is 46.7 Å². The van der Waals surface area contributed by atoms with E-state index >= 15 is 0 Å². The molecule has 0 fully saturated rings. The lowest BCUT2D eigenvalue weighted by Gasteiger charge is -2.19. The number of para-hydroxylation sites is 2. The molecule has 0 unspecified atom stereocenters. The number of carbonyl (C=O) groups is 1. The van der Waals surface area contributed by atoms with Crippen LogP contribution in [0.15, 0.2) is 29.1 Å². The maximum Gasteiger partial charge on any atom is 0.329 e. The van der Waals surface area contributed by atoms with Gasteiger partial charge in [-0.15, -0.1) is 0 Å². The van der Waals surface area contributed by atoms with E-state index in [1.54, 1.807) is 14.0 Å². The van der Waals surface area contributed by atoms with Crippen LogP contribution in [0, 0.1) is 5.92 Å². The molecule has 23 heavy (non-hydrogen) atoms. The minimum Gasteiger partial charge on any atom is -0.345 e. The molecule has 1 heterocycles. The molecular weight excluding hydrogens is 290 g/mol. The molecule has 5 nitrogen and oxygen atoms in total. The maximum absolute atomic E-state index is 12.6. The van der Waals surface area contributed by atoms with Crippen LogP contribution in [0.1, 0.15) is 33.6 Å². The topological polar surface area (TPSA) is 47.2 Å². The van der Waals surface area contributed by atoms with Gasteiger partial charge in [0.2, 0.25) is 5.91 Å². The lowest BCUT2D eigenvalue weighted by molar-refractivity contribution is -0.130. The van der Waals surface area contributed by atoms with E-state index in [-0.39, 0.29) is 11.6 Å². The number of hydrogen-bond acceptors (Lipinski definition) is 2. The number of hydrogen-bond donors (Lipinski definition) is 0. The predicted octanol–water partition coefficient (Wildman–Crippen LogP) is 2.72. The molecular formula is C18H27N3O2. The molecule has 0 atom stereocenters. The summed E-state index contributed by atoms with van der Waals surface area (Å²) < 4.78 is 3.53. The normalized spacial score (nSPS) is 11.3. The van der Waals surface area contributed by atoms with Crippen LogP contribution >= 0.6 is 0 Å². The fourth-order valence-corrected chi connectivity index (χ4v) is 2.98. The summed E-state index contributed by atoms with van der Waals surface area (Å²) in [5, 5.41) is 0. The number of imidazole rings is 1. The van der Waals surface area contributed by atoms with Gasteiger partial charge in [0, 0.05) is 33.1 Å². The van der Waals surface area contributed by atoms with Crippen LogP contribution in [-0.2, 0) is 17.9 Å². The zero-order chi connectivity index (χ0) is 17.0. The van der Waals surface area contributed by atoms with Gasteiger partial charge in [0.05, 0.1) is 11.0 Å². The Kier molecular flexibility index (Phi) is 5.64. The van der Waals surface area contributed by atoms with Crippen LogP contribution < -0.4 is 5.69 Å². The van der Waals surface area contributed by atoms with E-state index in [4.69, 9.17) is 0 Å². The first kappa shape index (κ1) is 17.3. The number of aromatic nitrogens is 2. The molecule has 0 aliphatic rings. The van der Waals surface area contributed by atoms with Gasteiger partial charge in [0.25, 0.3) is 0 Å². The van der Waals surface area contributed by atoms with Crippen LogP contribution in [-0.4, -0.2) is 33.5 Å². The first-order chi connectivity index (χ1) is 11.0. The van der Waals surface area contributed by atoms with Gasteiger partial charge in [0.1, 0.15) is 0 Å². The molecule has 5 heteroatoms. The molecule has 0 saturated carbocycles. The Balaban J connectivity index is 2.22. The molecule has 2 rings (SSSR count). The fourth-order valence-electron chi connectivity index (χ4n) is 2.98. The minimum atomic E-state index is -0.0210. The van der Waals surface area contributed by atoms with Gasteiger partial charge in [-0.25, -0.2) is 4.79 Å². The van der Waals surface area contributed by atoms with Crippen molar-refractivity contribution in [3.8, 4) is 0 Å². The van der Waals surface area contributed by atoms with Crippen molar-refractivity contribution in [1.82, 2.24) is 14.0 Å². The third-order valence-electron chi connectivity index (χ3n) is 3.99. The molecule has 1 aromatic carbocycles. The first-order valence-electron chi connectivity index (χ1n) is 8.37. The predicted molar refractivity (Wildman–Crippen MR) is 93.6 cm³/mol. The van der Waals surface area contributed by atoms with Crippen molar-refractivity contribution in [1.29, 1.82) is 0 Å². The Bertz CT molecular complexity index is 727. The molecule has 2 aromatic rings. The Morgan fingerprint density at radius 2 is 1.70 bits per heavy atom. The Morgan fingerprint density at radius 1 is 1.13 bits per heavy atom. The average Bonchev–Trinajstić information content (AvgIpc) is 2.77. The van der Waals surface area contributed by atoms with Crippen molar-refractivity contribution in [3.05, 3.63) is 34.7 Å². The highest BCUT2D eigenvalue weighted by Gasteiger charge is 2.15. The van der Waals surface area contributed by atoms with E-state index in [0.29, 0.717) is 25.4 Å². The van der Waals surface area contributed by atoms with E-state index < -0.39 is 0 Å². The summed E-state index contributed by atoms with van der Waals surface area (Å²) in [6.07, 6.45) is 1.26. The largest absolute Gasteiger partial charge is 0.345 e. The van der Waals surface area contributed by atoms with Crippen molar-refractivity contribution < 1.29 is 4.79 Å². The van der Waals surface area contributed by atoms with Crippen LogP contribution in [0.2, 0.25) is 0 Å². The number of amides is 1. The standard InChI is InChI=1S/C18H27N3O2/c1-5-11-20-15-8-6-7-9-16(15)21(18(20)23)12-10-17(22)19(4)13-14(2)3/h6-9,14H,5,10-13H2,1-4H3. The zero-order valence-corrected chi connectivity index (χ0v) is 14.6. The zero-order valence-electron chi connectivity index (χ0n) is 14.6. The van der Waals surface area contributed by atoms with E-state index in [2.05, 4.69) is 20.8 Å². The summed E-state index contributed by atoms with van der Waals surface area (Å²) in [6, 6.07) is 7.79. The lowest BCUT2D eigenvalue weighted by atomic mass is 10.2. The minimum absolute atomic E-state index is 0.0210. The summed E-state index contributed by atoms with van der Waals surface area (Å²) in [5.74, 6) is 0.524. The summed E-state index contributed by atoms with van der Waals surface area (Å²) >= 11 is 0. The van der Waals surface area contributed by atoms with Gasteiger partial charge >= 0.3 is 5.69 Å². The monoisotopic (exact) mass is 317 g/mol. The van der Waals surface area contributed by atoms with Gasteiger partial charge in [-0.3, -0.25) is 13.9 Å². The molecule has 126 valence electrons. The molecule has 0 bridgehead atoms. The highest BCUT2D eigenvalue weighted by molar-refractivity contribution is 5.78. The summed E-state index contributed by atoms with van der Waals surface area (Å²) in [4.78, 5) is 26.6. The van der Waals surface area contributed by atoms with Crippen molar-refractivity contribution >= 4 is 16.9 Å². The van der Waals surface area contributed by atoms with E-state index in [1.165, 1.54) is 0 Å². The Hall–Kier alpha value is -2.04. The van der Waals surface area contributed by atoms with Gasteiger partial charge in [0.15, 0.2) is 0 Å². The third kappa shape index (κ3) is 3.84. The Morgan fingerprint density at radius 3 is 2.22 bits per heavy atom. The van der Waals surface area contributed by atoms with Crippen molar-refractivity contribution in [3.63, 3.8) is 0 Å². The van der Waals surface area contributed by atoms with Gasteiger partial charge < -0.3 is 4.90 Å². The maximum atomic E-state index is 12.6. The molecule has 0 N–H and O–H groups in total. The second-order valence-electron chi connectivity index (χ2n) is 6.49. The number of fused-ring (bicyclic) bond motifs is 1. The summed E-state index contributed by atoms with van der Waals surface area (Å²) in [6.45, 7) is 8.11. The van der Waals surface area contributed by atoms with Gasteiger partial charge in [-0.05, 0) is 24.5 Å². The fraction of sp³-hybridized carbons (Fsp3) is 0.556. The SMILES string of the molecule is CCCn1c(=O)n(CCC(=O)N(C)CC(C)C)c2ccccc21. The second kappa shape index (κ2) is 7.49. The summed E-state index contributed by atoms with van der Waals surface area (Å²) in [7, 11) is 1.82. The molecule has 0 aliphatic carbocycles. The smallest absolute Gasteiger partial charge is 0.329 e. The number of rotatable bonds is 7. The van der Waals surface area contributed by atoms with E-state index in [0.717, 1.165) is 24.0 Å². The third-order valence-corrected chi connectivity index (χ3v) is 3.99. The lowest BCUT2D eigenvalue weighted by Crippen LogP contribution is -2.32. The molecule has 0 aliphatic heterocycles. The highest BCUT2D eigenvalue weighted by Crippen LogP contribution is 2.14.